The lowest BCUT2D eigenvalue weighted by atomic mass is 10.0. The molecule has 12 heteroatoms. The van der Waals surface area contributed by atoms with E-state index in [9.17, 15) is 26.7 Å². The largest absolute Gasteiger partial charge is 0.465 e. The van der Waals surface area contributed by atoms with Gasteiger partial charge in [-0.1, -0.05) is 0 Å². The van der Waals surface area contributed by atoms with Crippen molar-refractivity contribution in [1.82, 2.24) is 19.7 Å². The second-order valence-electron chi connectivity index (χ2n) is 6.03. The zero-order valence-electron chi connectivity index (χ0n) is 15.2. The molecule has 0 aliphatic heterocycles. The number of alkyl halides is 5. The molecule has 1 aromatic carbocycles. The molecule has 1 N–H and O–H groups in total. The van der Waals surface area contributed by atoms with Crippen LogP contribution >= 0.6 is 0 Å². The summed E-state index contributed by atoms with van der Waals surface area (Å²) in [7, 11) is 0. The molecule has 0 fully saturated rings. The number of halogens is 5. The number of aryl methyl sites for hydroxylation is 1. The molecule has 156 valence electrons. The van der Waals surface area contributed by atoms with Gasteiger partial charge in [-0.05, 0) is 37.1 Å². The number of benzene rings is 1. The van der Waals surface area contributed by atoms with Gasteiger partial charge in [0.15, 0.2) is 5.65 Å². The van der Waals surface area contributed by atoms with Crippen molar-refractivity contribution in [2.45, 2.75) is 33.1 Å². The van der Waals surface area contributed by atoms with E-state index in [0.717, 1.165) is 16.8 Å². The highest BCUT2D eigenvalue weighted by Gasteiger charge is 2.30. The van der Waals surface area contributed by atoms with Crippen LogP contribution in [0, 0.1) is 6.92 Å². The van der Waals surface area contributed by atoms with Crippen molar-refractivity contribution >= 4 is 11.0 Å². The molecular weight excluding hydrogens is 403 g/mol. The van der Waals surface area contributed by atoms with Crippen LogP contribution in [0.5, 0.6) is 11.8 Å². The Bertz CT molecular complexity index is 1090. The Hall–Kier alpha value is -3.18. The van der Waals surface area contributed by atoms with Gasteiger partial charge in [0.05, 0.1) is 18.7 Å². The maximum absolute atomic E-state index is 13.1. The topological polar surface area (TPSA) is 82.0 Å². The highest BCUT2D eigenvalue weighted by Crippen LogP contribution is 2.32. The van der Waals surface area contributed by atoms with Gasteiger partial charge in [0, 0.05) is 6.20 Å². The maximum Gasteiger partial charge on any atom is 0.393 e. The molecule has 0 bridgehead atoms. The van der Waals surface area contributed by atoms with Gasteiger partial charge in [-0.2, -0.15) is 26.9 Å². The second-order valence-corrected chi connectivity index (χ2v) is 6.03. The fourth-order valence-corrected chi connectivity index (χ4v) is 2.88. The molecule has 0 saturated carbocycles. The summed E-state index contributed by atoms with van der Waals surface area (Å²) in [4.78, 5) is 18.6. The quantitative estimate of drug-likeness (QED) is 0.620. The van der Waals surface area contributed by atoms with Crippen LogP contribution in [0.15, 0.2) is 23.1 Å². The first-order chi connectivity index (χ1) is 13.6. The van der Waals surface area contributed by atoms with E-state index in [2.05, 4.69) is 19.8 Å². The molecule has 7 nitrogen and oxygen atoms in total. The van der Waals surface area contributed by atoms with Crippen molar-refractivity contribution in [3.05, 3.63) is 39.8 Å². The minimum atomic E-state index is -4.62. The fraction of sp³-hybridized carbons (Fsp3) is 0.353. The van der Waals surface area contributed by atoms with E-state index in [1.54, 1.807) is 6.92 Å². The Kier molecular flexibility index (Phi) is 5.44. The highest BCUT2D eigenvalue weighted by atomic mass is 19.4. The van der Waals surface area contributed by atoms with Crippen molar-refractivity contribution in [2.75, 3.05) is 6.61 Å². The van der Waals surface area contributed by atoms with Gasteiger partial charge in [-0.15, -0.1) is 5.10 Å². The molecule has 0 unspecified atom stereocenters. The Labute approximate surface area is 160 Å². The van der Waals surface area contributed by atoms with Crippen LogP contribution in [0.3, 0.4) is 0 Å². The zero-order valence-corrected chi connectivity index (χ0v) is 15.2. The summed E-state index contributed by atoms with van der Waals surface area (Å²) >= 11 is 0. The number of rotatable bonds is 6. The summed E-state index contributed by atoms with van der Waals surface area (Å²) < 4.78 is 74.7. The third kappa shape index (κ3) is 4.63. The average molecular weight is 418 g/mol. The van der Waals surface area contributed by atoms with Gasteiger partial charge < -0.3 is 9.47 Å². The summed E-state index contributed by atoms with van der Waals surface area (Å²) in [5.41, 5.74) is -0.793. The number of hydrogen-bond acceptors (Lipinski definition) is 5. The first-order valence-corrected chi connectivity index (χ1v) is 8.35. The van der Waals surface area contributed by atoms with Crippen molar-refractivity contribution in [3.63, 3.8) is 0 Å². The van der Waals surface area contributed by atoms with Crippen molar-refractivity contribution in [2.24, 2.45) is 0 Å². The Morgan fingerprint density at radius 3 is 2.62 bits per heavy atom. The molecule has 3 rings (SSSR count). The minimum absolute atomic E-state index is 0.0145. The van der Waals surface area contributed by atoms with Gasteiger partial charge in [-0.3, -0.25) is 9.78 Å². The van der Waals surface area contributed by atoms with E-state index in [0.29, 0.717) is 0 Å². The molecule has 0 spiro atoms. The van der Waals surface area contributed by atoms with Crippen LogP contribution in [-0.4, -0.2) is 39.1 Å². The Balaban J connectivity index is 2.18. The summed E-state index contributed by atoms with van der Waals surface area (Å²) in [5, 5.41) is 4.10. The van der Waals surface area contributed by atoms with Crippen LogP contribution < -0.4 is 15.0 Å². The number of H-pyrrole nitrogens is 1. The van der Waals surface area contributed by atoms with Crippen molar-refractivity contribution in [3.8, 4) is 17.4 Å². The van der Waals surface area contributed by atoms with Crippen LogP contribution in [0.1, 0.15) is 18.1 Å². The number of hydrogen-bond donors (Lipinski definition) is 1. The van der Waals surface area contributed by atoms with E-state index >= 15 is 0 Å². The van der Waals surface area contributed by atoms with Crippen LogP contribution in [-0.2, 0) is 6.42 Å². The van der Waals surface area contributed by atoms with Gasteiger partial charge in [0.2, 0.25) is 0 Å². The first kappa shape index (κ1) is 20.6. The second kappa shape index (κ2) is 7.68. The maximum atomic E-state index is 13.1. The lowest BCUT2D eigenvalue weighted by Gasteiger charge is -2.16. The third-order valence-electron chi connectivity index (χ3n) is 3.85. The standard InChI is InChI=1S/C17H15F5N4O3/c1-3-28-16-23-13-11(14(27)24-16)7-26(25-13)12-8(2)4-10(29-15(18)19)5-9(12)6-17(20,21)22/h4-5,7,15H,3,6H2,1-2H3,(H,23,24,25,27). The molecule has 0 radical (unpaired) electrons. The summed E-state index contributed by atoms with van der Waals surface area (Å²) in [6, 6.07) is 1.96. The normalized spacial score (nSPS) is 12.0. The van der Waals surface area contributed by atoms with Gasteiger partial charge in [0.1, 0.15) is 11.1 Å². The molecule has 0 aliphatic carbocycles. The molecular formula is C17H15F5N4O3. The number of ether oxygens (including phenoxy) is 2. The fourth-order valence-electron chi connectivity index (χ4n) is 2.88. The van der Waals surface area contributed by atoms with Gasteiger partial charge in [-0.25, -0.2) is 4.68 Å². The summed E-state index contributed by atoms with van der Waals surface area (Å²) in [6.45, 7) is 0.142. The average Bonchev–Trinajstić information content (AvgIpc) is 2.96. The SMILES string of the molecule is CCOc1nc2nn(-c3c(C)cc(OC(F)F)cc3CC(F)(F)F)cc2c(=O)[nH]1. The molecule has 0 amide bonds. The van der Waals surface area contributed by atoms with E-state index in [1.165, 1.54) is 13.1 Å². The summed E-state index contributed by atoms with van der Waals surface area (Å²) in [5.74, 6) is -0.410. The van der Waals surface area contributed by atoms with E-state index in [1.807, 2.05) is 0 Å². The van der Waals surface area contributed by atoms with E-state index < -0.39 is 30.5 Å². The molecule has 0 saturated heterocycles. The number of nitrogens with one attached hydrogen (secondary N) is 1. The third-order valence-corrected chi connectivity index (χ3v) is 3.85. The smallest absolute Gasteiger partial charge is 0.393 e. The highest BCUT2D eigenvalue weighted by molar-refractivity contribution is 5.74. The van der Waals surface area contributed by atoms with Crippen LogP contribution in [0.2, 0.25) is 0 Å². The van der Waals surface area contributed by atoms with Crippen LogP contribution in [0.25, 0.3) is 16.7 Å². The predicted molar refractivity (Wildman–Crippen MR) is 91.8 cm³/mol. The molecule has 0 atom stereocenters. The van der Waals surface area contributed by atoms with Crippen molar-refractivity contribution in [1.29, 1.82) is 0 Å². The number of aromatic nitrogens is 4. The lowest BCUT2D eigenvalue weighted by molar-refractivity contribution is -0.127. The van der Waals surface area contributed by atoms with Gasteiger partial charge >= 0.3 is 12.8 Å². The monoisotopic (exact) mass is 418 g/mol. The Morgan fingerprint density at radius 1 is 1.28 bits per heavy atom. The molecule has 2 aromatic heterocycles. The van der Waals surface area contributed by atoms with Crippen LogP contribution in [0.4, 0.5) is 22.0 Å². The lowest BCUT2D eigenvalue weighted by Crippen LogP contribution is -2.15. The minimum Gasteiger partial charge on any atom is -0.465 e. The summed E-state index contributed by atoms with van der Waals surface area (Å²) in [6.07, 6.45) is -4.81. The van der Waals surface area contributed by atoms with E-state index in [-0.39, 0.29) is 40.5 Å². The zero-order chi connectivity index (χ0) is 21.3. The molecule has 29 heavy (non-hydrogen) atoms. The Morgan fingerprint density at radius 2 is 2.00 bits per heavy atom. The van der Waals surface area contributed by atoms with Crippen molar-refractivity contribution < 1.29 is 31.4 Å². The first-order valence-electron chi connectivity index (χ1n) is 8.35. The molecule has 3 aromatic rings. The molecule has 2 heterocycles. The molecule has 0 aliphatic rings. The van der Waals surface area contributed by atoms with E-state index in [4.69, 9.17) is 4.74 Å². The number of aromatic amines is 1. The number of nitrogens with zero attached hydrogens (tertiary/aromatic N) is 3. The predicted octanol–water partition coefficient (Wildman–Crippen LogP) is 3.52. The number of fused-ring (bicyclic) bond motifs is 1. The van der Waals surface area contributed by atoms with Gasteiger partial charge in [0.25, 0.3) is 11.6 Å².